The quantitative estimate of drug-likeness (QED) is 0.788. The van der Waals surface area contributed by atoms with Crippen LogP contribution in [0.2, 0.25) is 0 Å². The van der Waals surface area contributed by atoms with Gasteiger partial charge in [-0.3, -0.25) is 4.79 Å². The van der Waals surface area contributed by atoms with E-state index in [1.165, 1.54) is 11.3 Å². The monoisotopic (exact) mass is 262 g/mol. The van der Waals surface area contributed by atoms with Crippen LogP contribution >= 0.6 is 11.3 Å². The Hall–Kier alpha value is -1.85. The summed E-state index contributed by atoms with van der Waals surface area (Å²) in [7, 11) is 0. The average Bonchev–Trinajstić information content (AvgIpc) is 2.85. The van der Waals surface area contributed by atoms with Gasteiger partial charge in [0.2, 0.25) is 5.91 Å². The first-order valence-electron chi connectivity index (χ1n) is 5.53. The fourth-order valence-corrected chi connectivity index (χ4v) is 2.16. The van der Waals surface area contributed by atoms with Gasteiger partial charge in [0.05, 0.1) is 11.0 Å². The van der Waals surface area contributed by atoms with Gasteiger partial charge < -0.3 is 16.2 Å². The van der Waals surface area contributed by atoms with Crippen molar-refractivity contribution in [1.29, 1.82) is 0 Å². The van der Waals surface area contributed by atoms with Gasteiger partial charge in [0, 0.05) is 0 Å². The van der Waals surface area contributed by atoms with Crippen LogP contribution in [0.15, 0.2) is 41.8 Å². The molecular formula is C13H14N2O2S. The van der Waals surface area contributed by atoms with Crippen LogP contribution < -0.4 is 11.1 Å². The van der Waals surface area contributed by atoms with Crippen LogP contribution in [0.3, 0.4) is 0 Å². The van der Waals surface area contributed by atoms with Gasteiger partial charge in [-0.15, -0.1) is 11.3 Å². The van der Waals surface area contributed by atoms with Crippen LogP contribution in [0.1, 0.15) is 5.56 Å². The molecule has 0 saturated heterocycles. The Morgan fingerprint density at radius 1 is 1.33 bits per heavy atom. The third-order valence-electron chi connectivity index (χ3n) is 2.50. The molecule has 1 aromatic carbocycles. The molecule has 1 atom stereocenters. The predicted octanol–water partition coefficient (Wildman–Crippen LogP) is 1.96. The fourth-order valence-electron chi connectivity index (χ4n) is 1.54. The highest BCUT2D eigenvalue weighted by molar-refractivity contribution is 7.14. The van der Waals surface area contributed by atoms with Crippen LogP contribution in [0.4, 0.5) is 5.00 Å². The number of amides is 1. The lowest BCUT2D eigenvalue weighted by atomic mass is 10.1. The minimum absolute atomic E-state index is 0.203. The van der Waals surface area contributed by atoms with E-state index in [-0.39, 0.29) is 11.7 Å². The molecule has 2 rings (SSSR count). The number of carbonyl (C=O) groups excluding carboxylic acids is 1. The van der Waals surface area contributed by atoms with E-state index in [1.54, 1.807) is 24.3 Å². The maximum atomic E-state index is 11.8. The Morgan fingerprint density at radius 2 is 2.06 bits per heavy atom. The lowest BCUT2D eigenvalue weighted by Gasteiger charge is -2.11. The zero-order chi connectivity index (χ0) is 13.0. The topological polar surface area (TPSA) is 75.3 Å². The van der Waals surface area contributed by atoms with Crippen molar-refractivity contribution in [3.8, 4) is 5.75 Å². The first kappa shape index (κ1) is 12.6. The first-order chi connectivity index (χ1) is 8.65. The molecule has 4 N–H and O–H groups in total. The molecule has 0 aliphatic heterocycles. The number of phenols is 1. The van der Waals surface area contributed by atoms with Crippen molar-refractivity contribution in [2.45, 2.75) is 12.5 Å². The third-order valence-corrected chi connectivity index (χ3v) is 3.28. The third kappa shape index (κ3) is 3.32. The van der Waals surface area contributed by atoms with E-state index in [0.717, 1.165) is 10.6 Å². The summed E-state index contributed by atoms with van der Waals surface area (Å²) in [6, 6.07) is 9.78. The van der Waals surface area contributed by atoms with Crippen molar-refractivity contribution < 1.29 is 9.90 Å². The van der Waals surface area contributed by atoms with E-state index in [4.69, 9.17) is 10.8 Å². The van der Waals surface area contributed by atoms with Crippen LogP contribution in [-0.4, -0.2) is 17.1 Å². The molecule has 1 unspecified atom stereocenters. The minimum atomic E-state index is -0.600. The van der Waals surface area contributed by atoms with Gasteiger partial charge in [0.25, 0.3) is 0 Å². The number of nitrogens with one attached hydrogen (secondary N) is 1. The number of nitrogens with two attached hydrogens (primary N) is 1. The highest BCUT2D eigenvalue weighted by Crippen LogP contribution is 2.16. The van der Waals surface area contributed by atoms with E-state index in [2.05, 4.69) is 5.32 Å². The molecule has 0 aliphatic carbocycles. The van der Waals surface area contributed by atoms with E-state index in [0.29, 0.717) is 6.42 Å². The highest BCUT2D eigenvalue weighted by Gasteiger charge is 2.14. The number of aromatic hydroxyl groups is 1. The average molecular weight is 262 g/mol. The van der Waals surface area contributed by atoms with E-state index in [9.17, 15) is 4.79 Å². The van der Waals surface area contributed by atoms with Gasteiger partial charge in [-0.05, 0) is 41.6 Å². The lowest BCUT2D eigenvalue weighted by molar-refractivity contribution is -0.117. The smallest absolute Gasteiger partial charge is 0.242 e. The summed E-state index contributed by atoms with van der Waals surface area (Å²) in [5, 5.41) is 14.6. The highest BCUT2D eigenvalue weighted by atomic mass is 32.1. The van der Waals surface area contributed by atoms with Crippen molar-refractivity contribution in [2.24, 2.45) is 5.73 Å². The van der Waals surface area contributed by atoms with Crippen molar-refractivity contribution in [3.05, 3.63) is 47.3 Å². The Morgan fingerprint density at radius 3 is 2.67 bits per heavy atom. The molecule has 18 heavy (non-hydrogen) atoms. The van der Waals surface area contributed by atoms with Gasteiger partial charge in [-0.25, -0.2) is 0 Å². The summed E-state index contributed by atoms with van der Waals surface area (Å²) in [5.74, 6) is 0.000818. The number of rotatable bonds is 4. The van der Waals surface area contributed by atoms with Crippen LogP contribution in [-0.2, 0) is 11.2 Å². The summed E-state index contributed by atoms with van der Waals surface area (Å²) in [6.07, 6.45) is 0.442. The van der Waals surface area contributed by atoms with Gasteiger partial charge in [0.1, 0.15) is 5.75 Å². The minimum Gasteiger partial charge on any atom is -0.508 e. The molecule has 94 valence electrons. The normalized spacial score (nSPS) is 12.1. The maximum Gasteiger partial charge on any atom is 0.242 e. The number of benzene rings is 1. The maximum absolute atomic E-state index is 11.8. The molecule has 0 saturated carbocycles. The summed E-state index contributed by atoms with van der Waals surface area (Å²) in [6.45, 7) is 0. The Balaban J connectivity index is 1.93. The fraction of sp³-hybridized carbons (Fsp3) is 0.154. The van der Waals surface area contributed by atoms with Crippen molar-refractivity contribution >= 4 is 22.2 Å². The molecular weight excluding hydrogens is 248 g/mol. The molecule has 5 heteroatoms. The molecule has 0 fully saturated rings. The Bertz CT molecular complexity index is 508. The standard InChI is InChI=1S/C13H14N2O2S/c14-11(8-9-3-5-10(16)6-4-9)13(17)15-12-2-1-7-18-12/h1-7,11,16H,8,14H2,(H,15,17). The molecule has 0 spiro atoms. The van der Waals surface area contributed by atoms with Crippen LogP contribution in [0.25, 0.3) is 0 Å². The molecule has 1 amide bonds. The SMILES string of the molecule is NC(Cc1ccc(O)cc1)C(=O)Nc1cccs1. The van der Waals surface area contributed by atoms with Gasteiger partial charge in [-0.2, -0.15) is 0 Å². The number of hydrogen-bond acceptors (Lipinski definition) is 4. The summed E-state index contributed by atoms with van der Waals surface area (Å²) >= 11 is 1.46. The second-order valence-corrected chi connectivity index (χ2v) is 4.89. The van der Waals surface area contributed by atoms with Gasteiger partial charge in [-0.1, -0.05) is 12.1 Å². The predicted molar refractivity (Wildman–Crippen MR) is 72.7 cm³/mol. The molecule has 1 heterocycles. The second kappa shape index (κ2) is 5.66. The zero-order valence-corrected chi connectivity index (χ0v) is 10.5. The van der Waals surface area contributed by atoms with Crippen molar-refractivity contribution in [3.63, 3.8) is 0 Å². The molecule has 1 aromatic heterocycles. The second-order valence-electron chi connectivity index (χ2n) is 3.94. The first-order valence-corrected chi connectivity index (χ1v) is 6.41. The van der Waals surface area contributed by atoms with E-state index in [1.807, 2.05) is 17.5 Å². The van der Waals surface area contributed by atoms with Crippen molar-refractivity contribution in [2.75, 3.05) is 5.32 Å². The molecule has 2 aromatic rings. The Kier molecular flexibility index (Phi) is 3.96. The molecule has 4 nitrogen and oxygen atoms in total. The number of thiophene rings is 1. The summed E-state index contributed by atoms with van der Waals surface area (Å²) < 4.78 is 0. The Labute approximate surface area is 109 Å². The van der Waals surface area contributed by atoms with E-state index < -0.39 is 6.04 Å². The zero-order valence-electron chi connectivity index (χ0n) is 9.67. The molecule has 0 radical (unpaired) electrons. The number of phenolic OH excluding ortho intramolecular Hbond substituents is 1. The lowest BCUT2D eigenvalue weighted by Crippen LogP contribution is -2.37. The number of carbonyl (C=O) groups is 1. The van der Waals surface area contributed by atoms with Gasteiger partial charge in [0.15, 0.2) is 0 Å². The number of anilines is 1. The van der Waals surface area contributed by atoms with Crippen molar-refractivity contribution in [1.82, 2.24) is 0 Å². The van der Waals surface area contributed by atoms with Crippen LogP contribution in [0, 0.1) is 0 Å². The molecule has 0 bridgehead atoms. The van der Waals surface area contributed by atoms with Crippen LogP contribution in [0.5, 0.6) is 5.75 Å². The summed E-state index contributed by atoms with van der Waals surface area (Å²) in [5.41, 5.74) is 6.75. The summed E-state index contributed by atoms with van der Waals surface area (Å²) in [4.78, 5) is 11.8. The van der Waals surface area contributed by atoms with E-state index >= 15 is 0 Å². The van der Waals surface area contributed by atoms with Gasteiger partial charge >= 0.3 is 0 Å². The number of hydrogen-bond donors (Lipinski definition) is 3. The largest absolute Gasteiger partial charge is 0.508 e. The molecule has 0 aliphatic rings.